The first-order valence-electron chi connectivity index (χ1n) is 8.94. The number of carboxylic acids is 1. The van der Waals surface area contributed by atoms with E-state index in [0.717, 1.165) is 38.6 Å². The van der Waals surface area contributed by atoms with Crippen LogP contribution in [0.25, 0.3) is 0 Å². The number of nitrogens with zero attached hydrogens (tertiary/aromatic N) is 2. The number of likely N-dealkylation sites (tertiary alicyclic amines) is 2. The molecule has 24 heavy (non-hydrogen) atoms. The maximum Gasteiger partial charge on any atom is 0.326 e. The van der Waals surface area contributed by atoms with Crippen LogP contribution in [0.5, 0.6) is 0 Å². The molecule has 2 N–H and O–H groups in total. The summed E-state index contributed by atoms with van der Waals surface area (Å²) in [6.45, 7) is 4.16. The molecule has 0 aliphatic carbocycles. The van der Waals surface area contributed by atoms with Gasteiger partial charge in [-0.2, -0.15) is 0 Å². The van der Waals surface area contributed by atoms with Crippen LogP contribution >= 0.6 is 0 Å². The van der Waals surface area contributed by atoms with E-state index < -0.39 is 12.0 Å². The second kappa shape index (κ2) is 6.70. The fraction of sp³-hybridized carbons (Fsp3) is 0.824. The number of hydrogen-bond donors (Lipinski definition) is 2. The highest BCUT2D eigenvalue weighted by Crippen LogP contribution is 2.43. The van der Waals surface area contributed by atoms with Gasteiger partial charge in [-0.1, -0.05) is 6.42 Å². The summed E-state index contributed by atoms with van der Waals surface area (Å²) in [6, 6.07) is -0.776. The summed E-state index contributed by atoms with van der Waals surface area (Å²) in [5.41, 5.74) is -0.147. The highest BCUT2D eigenvalue weighted by molar-refractivity contribution is 5.83. The lowest BCUT2D eigenvalue weighted by Crippen LogP contribution is -2.52. The van der Waals surface area contributed by atoms with E-state index in [-0.39, 0.29) is 23.3 Å². The maximum atomic E-state index is 12.6. The molecule has 3 rings (SSSR count). The smallest absolute Gasteiger partial charge is 0.326 e. The zero-order valence-corrected chi connectivity index (χ0v) is 14.3. The number of hydrogen-bond acceptors (Lipinski definition) is 4. The van der Waals surface area contributed by atoms with E-state index >= 15 is 0 Å². The summed E-state index contributed by atoms with van der Waals surface area (Å²) in [7, 11) is 0. The summed E-state index contributed by atoms with van der Waals surface area (Å²) in [5.74, 6) is -0.920. The SMILES string of the molecule is CC(=O)N1CC2(CCN(C(=O)[C@@H]3CCCCN3)CC2)CC1C(=O)O. The molecule has 3 fully saturated rings. The van der Waals surface area contributed by atoms with E-state index in [0.29, 0.717) is 26.1 Å². The van der Waals surface area contributed by atoms with Crippen LogP contribution in [0.3, 0.4) is 0 Å². The average molecular weight is 337 g/mol. The fourth-order valence-electron chi connectivity index (χ4n) is 4.45. The van der Waals surface area contributed by atoms with E-state index in [4.69, 9.17) is 0 Å². The van der Waals surface area contributed by atoms with Gasteiger partial charge in [0.25, 0.3) is 0 Å². The third-order valence-electron chi connectivity index (χ3n) is 5.94. The molecule has 0 aromatic heterocycles. The van der Waals surface area contributed by atoms with Gasteiger partial charge in [-0.05, 0) is 44.1 Å². The molecule has 0 saturated carbocycles. The molecule has 0 radical (unpaired) electrons. The monoisotopic (exact) mass is 337 g/mol. The van der Waals surface area contributed by atoms with Crippen LogP contribution in [-0.2, 0) is 14.4 Å². The molecule has 7 nitrogen and oxygen atoms in total. The molecular weight excluding hydrogens is 310 g/mol. The number of rotatable bonds is 2. The van der Waals surface area contributed by atoms with Crippen molar-refractivity contribution in [1.29, 1.82) is 0 Å². The number of carbonyl (C=O) groups is 3. The molecule has 0 bridgehead atoms. The third kappa shape index (κ3) is 3.27. The van der Waals surface area contributed by atoms with Gasteiger partial charge in [0, 0.05) is 26.6 Å². The Morgan fingerprint density at radius 1 is 1.17 bits per heavy atom. The van der Waals surface area contributed by atoms with Crippen molar-refractivity contribution in [2.75, 3.05) is 26.2 Å². The number of amides is 2. The Labute approximate surface area is 142 Å². The Kier molecular flexibility index (Phi) is 4.80. The minimum absolute atomic E-state index is 0.0585. The molecule has 3 aliphatic heterocycles. The standard InChI is InChI=1S/C17H27N3O4/c1-12(21)20-11-17(10-14(20)16(23)24)5-8-19(9-6-17)15(22)13-4-2-3-7-18-13/h13-14,18H,2-11H2,1H3,(H,23,24)/t13-,14?/m0/s1. The quantitative estimate of drug-likeness (QED) is 0.763. The van der Waals surface area contributed by atoms with E-state index in [2.05, 4.69) is 5.32 Å². The highest BCUT2D eigenvalue weighted by atomic mass is 16.4. The van der Waals surface area contributed by atoms with Crippen molar-refractivity contribution in [2.24, 2.45) is 5.41 Å². The molecule has 3 saturated heterocycles. The van der Waals surface area contributed by atoms with E-state index in [9.17, 15) is 19.5 Å². The van der Waals surface area contributed by atoms with Gasteiger partial charge in [0.1, 0.15) is 6.04 Å². The van der Waals surface area contributed by atoms with Gasteiger partial charge in [-0.15, -0.1) is 0 Å². The van der Waals surface area contributed by atoms with Gasteiger partial charge in [-0.3, -0.25) is 9.59 Å². The predicted molar refractivity (Wildman–Crippen MR) is 87.3 cm³/mol. The summed E-state index contributed by atoms with van der Waals surface area (Å²) in [4.78, 5) is 39.2. The molecule has 134 valence electrons. The zero-order chi connectivity index (χ0) is 17.3. The van der Waals surface area contributed by atoms with Crippen molar-refractivity contribution in [3.63, 3.8) is 0 Å². The lowest BCUT2D eigenvalue weighted by Gasteiger charge is -2.40. The van der Waals surface area contributed by atoms with Crippen molar-refractivity contribution < 1.29 is 19.5 Å². The number of nitrogens with one attached hydrogen (secondary N) is 1. The zero-order valence-electron chi connectivity index (χ0n) is 14.3. The lowest BCUT2D eigenvalue weighted by molar-refractivity contribution is -0.147. The fourth-order valence-corrected chi connectivity index (χ4v) is 4.45. The van der Waals surface area contributed by atoms with Crippen LogP contribution in [0.4, 0.5) is 0 Å². The normalized spacial score (nSPS) is 29.7. The third-order valence-corrected chi connectivity index (χ3v) is 5.94. The van der Waals surface area contributed by atoms with Gasteiger partial charge in [0.05, 0.1) is 6.04 Å². The Bertz CT molecular complexity index is 498. The van der Waals surface area contributed by atoms with Crippen molar-refractivity contribution in [3.05, 3.63) is 0 Å². The molecule has 3 heterocycles. The van der Waals surface area contributed by atoms with E-state index in [1.807, 2.05) is 4.90 Å². The second-order valence-electron chi connectivity index (χ2n) is 7.53. The van der Waals surface area contributed by atoms with Gasteiger partial charge in [-0.25, -0.2) is 4.79 Å². The van der Waals surface area contributed by atoms with Crippen LogP contribution in [0.15, 0.2) is 0 Å². The highest BCUT2D eigenvalue weighted by Gasteiger charge is 2.49. The molecular formula is C17H27N3O4. The van der Waals surface area contributed by atoms with Crippen LogP contribution < -0.4 is 5.32 Å². The Morgan fingerprint density at radius 3 is 2.38 bits per heavy atom. The van der Waals surface area contributed by atoms with E-state index in [1.54, 1.807) is 0 Å². The molecule has 2 amide bonds. The molecule has 1 spiro atoms. The minimum Gasteiger partial charge on any atom is -0.480 e. The summed E-state index contributed by atoms with van der Waals surface area (Å²) >= 11 is 0. The molecule has 1 unspecified atom stereocenters. The average Bonchev–Trinajstić information content (AvgIpc) is 2.96. The van der Waals surface area contributed by atoms with Crippen molar-refractivity contribution in [2.45, 2.75) is 57.5 Å². The largest absolute Gasteiger partial charge is 0.480 e. The predicted octanol–water partition coefficient (Wildman–Crippen LogP) is 0.443. The molecule has 2 atom stereocenters. The Balaban J connectivity index is 1.61. The van der Waals surface area contributed by atoms with Crippen molar-refractivity contribution in [1.82, 2.24) is 15.1 Å². The first kappa shape index (κ1) is 17.2. The van der Waals surface area contributed by atoms with Crippen molar-refractivity contribution in [3.8, 4) is 0 Å². The summed E-state index contributed by atoms with van der Waals surface area (Å²) in [6.07, 6.45) is 5.18. The topological polar surface area (TPSA) is 90.0 Å². The maximum absolute atomic E-state index is 12.6. The van der Waals surface area contributed by atoms with Gasteiger partial charge < -0.3 is 20.2 Å². The van der Waals surface area contributed by atoms with Crippen molar-refractivity contribution >= 4 is 17.8 Å². The molecule has 0 aromatic carbocycles. The molecule has 3 aliphatic rings. The first-order chi connectivity index (χ1) is 11.4. The minimum atomic E-state index is -0.924. The van der Waals surface area contributed by atoms with Gasteiger partial charge >= 0.3 is 5.97 Å². The van der Waals surface area contributed by atoms with Crippen LogP contribution in [0, 0.1) is 5.41 Å². The lowest BCUT2D eigenvalue weighted by atomic mass is 9.76. The Morgan fingerprint density at radius 2 is 1.88 bits per heavy atom. The number of piperidine rings is 2. The Hall–Kier alpha value is -1.63. The van der Waals surface area contributed by atoms with Gasteiger partial charge in [0.2, 0.25) is 11.8 Å². The molecule has 7 heteroatoms. The van der Waals surface area contributed by atoms with Crippen LogP contribution in [0.1, 0.15) is 45.4 Å². The van der Waals surface area contributed by atoms with Gasteiger partial charge in [0.15, 0.2) is 0 Å². The van der Waals surface area contributed by atoms with E-state index in [1.165, 1.54) is 11.8 Å². The number of carboxylic acid groups (broad SMARTS) is 1. The van der Waals surface area contributed by atoms with Crippen LogP contribution in [-0.4, -0.2) is 71.0 Å². The van der Waals surface area contributed by atoms with Crippen LogP contribution in [0.2, 0.25) is 0 Å². The summed E-state index contributed by atoms with van der Waals surface area (Å²) < 4.78 is 0. The molecule has 0 aromatic rings. The number of carbonyl (C=O) groups excluding carboxylic acids is 2. The summed E-state index contributed by atoms with van der Waals surface area (Å²) in [5, 5.41) is 12.7. The first-order valence-corrected chi connectivity index (χ1v) is 8.94. The number of aliphatic carboxylic acids is 1. The second-order valence-corrected chi connectivity index (χ2v) is 7.53.